The van der Waals surface area contributed by atoms with E-state index in [-0.39, 0.29) is 28.2 Å². The zero-order valence-corrected chi connectivity index (χ0v) is 7.51. The third-order valence-corrected chi connectivity index (χ3v) is 1.43. The van der Waals surface area contributed by atoms with Crippen LogP contribution in [0.1, 0.15) is 0 Å². The first kappa shape index (κ1) is 9.35. The minimum atomic E-state index is -0.164. The fourth-order valence-electron chi connectivity index (χ4n) is 0.240. The molecule has 0 radical (unpaired) electrons. The summed E-state index contributed by atoms with van der Waals surface area (Å²) in [5.74, 6) is 0. The minimum absolute atomic E-state index is 0.0262. The van der Waals surface area contributed by atoms with Crippen molar-refractivity contribution in [2.24, 2.45) is 0 Å². The molecule has 0 fully saturated rings. The second kappa shape index (κ2) is 6.47. The van der Waals surface area contributed by atoms with Crippen LogP contribution in [0, 0.1) is 0 Å². The number of halogens is 1. The normalized spacial score (nSPS) is 10.0. The average molecular weight is 244 g/mol. The van der Waals surface area contributed by atoms with E-state index in [9.17, 15) is 0 Å². The van der Waals surface area contributed by atoms with Crippen LogP contribution in [0.15, 0.2) is 12.2 Å². The van der Waals surface area contributed by atoms with E-state index in [1.54, 1.807) is 0 Å². The van der Waals surface area contributed by atoms with Crippen molar-refractivity contribution < 1.29 is 29.9 Å². The summed E-state index contributed by atoms with van der Waals surface area (Å²) in [6.45, 7) is 4.14. The number of hydrogen-bond donors (Lipinski definition) is 2. The van der Waals surface area contributed by atoms with Crippen molar-refractivity contribution in [1.29, 1.82) is 0 Å². The Morgan fingerprint density at radius 1 is 1.89 bits per heavy atom. The molecule has 0 spiro atoms. The Labute approximate surface area is 65.9 Å². The number of hydrogen-bond acceptors (Lipinski definition) is 3. The summed E-state index contributed by atoms with van der Waals surface area (Å²) in [6, 6.07) is 0. The molecule has 0 rings (SSSR count). The van der Waals surface area contributed by atoms with Gasteiger partial charge in [0, 0.05) is 0 Å². The Morgan fingerprint density at radius 2 is 2.56 bits per heavy atom. The Kier molecular flexibility index (Phi) is 6.72. The van der Waals surface area contributed by atoms with Crippen LogP contribution in [0.4, 0.5) is 0 Å². The Morgan fingerprint density at radius 3 is 3.00 bits per heavy atom. The predicted molar refractivity (Wildman–Crippen MR) is 31.2 cm³/mol. The third-order valence-electron chi connectivity index (χ3n) is 0.677. The Hall–Kier alpha value is 0.350. The van der Waals surface area contributed by atoms with Gasteiger partial charge in [0.25, 0.3) is 0 Å². The zero-order valence-electron chi connectivity index (χ0n) is 5.35. The van der Waals surface area contributed by atoms with Crippen molar-refractivity contribution in [2.45, 2.75) is 0 Å². The standard InChI is InChI=1S/C5H11INO2/c1-5(4-8)3-7-9-6-2/h7-8H,1,3-4H2,2H3/q-1. The van der Waals surface area contributed by atoms with E-state index >= 15 is 0 Å². The van der Waals surface area contributed by atoms with E-state index in [2.05, 4.69) is 12.1 Å². The molecule has 0 aliphatic heterocycles. The van der Waals surface area contributed by atoms with Crippen molar-refractivity contribution in [3.05, 3.63) is 12.2 Å². The molecule has 3 nitrogen and oxygen atoms in total. The summed E-state index contributed by atoms with van der Waals surface area (Å²) in [4.78, 5) is 1.99. The molecule has 9 heavy (non-hydrogen) atoms. The topological polar surface area (TPSA) is 41.5 Å². The summed E-state index contributed by atoms with van der Waals surface area (Å²) in [5.41, 5.74) is 3.42. The molecule has 0 aromatic rings. The Bertz CT molecular complexity index is 87.0. The van der Waals surface area contributed by atoms with E-state index in [1.807, 2.05) is 4.93 Å². The van der Waals surface area contributed by atoms with Crippen LogP contribution in [-0.4, -0.2) is 23.2 Å². The predicted octanol–water partition coefficient (Wildman–Crippen LogP) is -3.31. The van der Waals surface area contributed by atoms with E-state index < -0.39 is 0 Å². The summed E-state index contributed by atoms with van der Waals surface area (Å²) < 4.78 is 4.89. The molecule has 0 atom stereocenters. The van der Waals surface area contributed by atoms with Crippen molar-refractivity contribution in [2.75, 3.05) is 18.1 Å². The van der Waals surface area contributed by atoms with Gasteiger partial charge in [-0.15, -0.1) is 0 Å². The van der Waals surface area contributed by atoms with Crippen LogP contribution < -0.4 is 27.1 Å². The molecule has 0 saturated heterocycles. The molecule has 2 N–H and O–H groups in total. The average Bonchev–Trinajstić information content (AvgIpc) is 1.89. The van der Waals surface area contributed by atoms with Gasteiger partial charge in [0.1, 0.15) is 0 Å². The molecule has 0 aromatic heterocycles. The molecule has 0 aromatic carbocycles. The van der Waals surface area contributed by atoms with E-state index in [4.69, 9.17) is 8.27 Å². The fourth-order valence-corrected chi connectivity index (χ4v) is 0.707. The van der Waals surface area contributed by atoms with Crippen molar-refractivity contribution >= 4 is 0 Å². The molecular weight excluding hydrogens is 233 g/mol. The van der Waals surface area contributed by atoms with Gasteiger partial charge in [0.2, 0.25) is 0 Å². The van der Waals surface area contributed by atoms with Gasteiger partial charge < -0.3 is 0 Å². The molecule has 4 heteroatoms. The van der Waals surface area contributed by atoms with Gasteiger partial charge in [-0.3, -0.25) is 0 Å². The van der Waals surface area contributed by atoms with Crippen LogP contribution in [0.3, 0.4) is 0 Å². The van der Waals surface area contributed by atoms with Gasteiger partial charge in [0.05, 0.1) is 0 Å². The quantitative estimate of drug-likeness (QED) is 0.175. The number of hydroxylamine groups is 1. The van der Waals surface area contributed by atoms with Crippen LogP contribution in [0.2, 0.25) is 0 Å². The van der Waals surface area contributed by atoms with Crippen LogP contribution in [0.5, 0.6) is 0 Å². The maximum atomic E-state index is 8.45. The number of rotatable bonds is 5. The monoisotopic (exact) mass is 244 g/mol. The third kappa shape index (κ3) is 6.23. The Balaban J connectivity index is 2.97. The molecule has 56 valence electrons. The van der Waals surface area contributed by atoms with Gasteiger partial charge in [0.15, 0.2) is 0 Å². The van der Waals surface area contributed by atoms with E-state index in [0.29, 0.717) is 6.54 Å². The number of aliphatic hydroxyl groups is 1. The first-order chi connectivity index (χ1) is 4.31. The van der Waals surface area contributed by atoms with Crippen LogP contribution >= 0.6 is 0 Å². The first-order valence-corrected chi connectivity index (χ1v) is 5.51. The van der Waals surface area contributed by atoms with Gasteiger partial charge >= 0.3 is 65.6 Å². The van der Waals surface area contributed by atoms with Gasteiger partial charge in [-0.2, -0.15) is 0 Å². The zero-order chi connectivity index (χ0) is 7.11. The molecule has 0 heterocycles. The molecule has 0 unspecified atom stereocenters. The fraction of sp³-hybridized carbons (Fsp3) is 0.600. The van der Waals surface area contributed by atoms with Crippen LogP contribution in [-0.2, 0) is 3.17 Å². The van der Waals surface area contributed by atoms with Crippen LogP contribution in [0.25, 0.3) is 0 Å². The van der Waals surface area contributed by atoms with Gasteiger partial charge in [-0.05, 0) is 0 Å². The van der Waals surface area contributed by atoms with E-state index in [0.717, 1.165) is 5.57 Å². The number of aliphatic hydroxyl groups excluding tert-OH is 1. The van der Waals surface area contributed by atoms with E-state index in [1.165, 1.54) is 0 Å². The maximum absolute atomic E-state index is 8.45. The summed E-state index contributed by atoms with van der Waals surface area (Å²) in [6.07, 6.45) is 0. The SMILES string of the molecule is C=C(CO)CNO[I-]C. The van der Waals surface area contributed by atoms with Gasteiger partial charge in [-0.1, -0.05) is 0 Å². The molecule has 0 amide bonds. The number of alkyl halides is 1. The molecule has 0 aliphatic carbocycles. The number of nitrogens with one attached hydrogen (secondary N) is 1. The van der Waals surface area contributed by atoms with Gasteiger partial charge in [-0.25, -0.2) is 0 Å². The second-order valence-corrected chi connectivity index (χ2v) is 2.78. The summed E-state index contributed by atoms with van der Waals surface area (Å²) in [7, 11) is 0. The molecule has 0 aliphatic rings. The van der Waals surface area contributed by atoms with Crippen molar-refractivity contribution in [3.8, 4) is 0 Å². The summed E-state index contributed by atoms with van der Waals surface area (Å²) in [5, 5.41) is 8.45. The molecular formula is C5H11INO2-. The van der Waals surface area contributed by atoms with Crippen molar-refractivity contribution in [1.82, 2.24) is 5.48 Å². The second-order valence-electron chi connectivity index (χ2n) is 1.46. The molecule has 0 saturated carbocycles. The summed E-state index contributed by atoms with van der Waals surface area (Å²) >= 11 is -0.164. The first-order valence-electron chi connectivity index (χ1n) is 2.47. The van der Waals surface area contributed by atoms with Crippen molar-refractivity contribution in [3.63, 3.8) is 0 Å². The molecule has 0 bridgehead atoms.